The second kappa shape index (κ2) is 5.28. The van der Waals surface area contributed by atoms with Crippen LogP contribution in [0.3, 0.4) is 0 Å². The van der Waals surface area contributed by atoms with Gasteiger partial charge in [-0.1, -0.05) is 37.0 Å². The fourth-order valence-electron chi connectivity index (χ4n) is 2.40. The van der Waals surface area contributed by atoms with E-state index in [1.807, 2.05) is 25.1 Å². The second-order valence-corrected chi connectivity index (χ2v) is 6.14. The monoisotopic (exact) mass is 287 g/mol. The average Bonchev–Trinajstić information content (AvgIpc) is 2.32. The van der Waals surface area contributed by atoms with E-state index in [0.717, 1.165) is 18.7 Å². The molecule has 100 valence electrons. The lowest BCUT2D eigenvalue weighted by atomic mass is 9.64. The summed E-state index contributed by atoms with van der Waals surface area (Å²) in [5.74, 6) is 0. The van der Waals surface area contributed by atoms with Crippen LogP contribution in [0.5, 0.6) is 0 Å². The summed E-state index contributed by atoms with van der Waals surface area (Å²) in [5.41, 5.74) is 1.15. The summed E-state index contributed by atoms with van der Waals surface area (Å²) in [5, 5.41) is 4.67. The van der Waals surface area contributed by atoms with Crippen molar-refractivity contribution < 1.29 is 4.74 Å². The normalized spacial score (nSPS) is 25.6. The van der Waals surface area contributed by atoms with Crippen molar-refractivity contribution in [3.05, 3.63) is 28.2 Å². The molecule has 1 aromatic carbocycles. The summed E-state index contributed by atoms with van der Waals surface area (Å²) >= 11 is 11.9. The molecule has 1 aromatic rings. The third-order valence-electron chi connectivity index (χ3n) is 3.81. The quantitative estimate of drug-likeness (QED) is 0.873. The summed E-state index contributed by atoms with van der Waals surface area (Å²) in [6.07, 6.45) is 1.36. The summed E-state index contributed by atoms with van der Waals surface area (Å²) in [6.45, 7) is 7.27. The molecule has 18 heavy (non-hydrogen) atoms. The highest BCUT2D eigenvalue weighted by atomic mass is 35.5. The van der Waals surface area contributed by atoms with Crippen LogP contribution in [0.2, 0.25) is 10.0 Å². The Morgan fingerprint density at radius 3 is 2.61 bits per heavy atom. The number of anilines is 1. The maximum absolute atomic E-state index is 6.01. The van der Waals surface area contributed by atoms with Gasteiger partial charge in [-0.2, -0.15) is 0 Å². The number of ether oxygens (including phenoxy) is 1. The number of hydrogen-bond acceptors (Lipinski definition) is 2. The molecule has 2 unspecified atom stereocenters. The van der Waals surface area contributed by atoms with Gasteiger partial charge in [0.2, 0.25) is 0 Å². The third kappa shape index (κ3) is 2.61. The molecule has 2 nitrogen and oxygen atoms in total. The van der Waals surface area contributed by atoms with E-state index in [0.29, 0.717) is 22.2 Å². The standard InChI is InChI=1S/C14H19Cl2NO/c1-4-18-13-8-12(14(13,2)3)17-9-5-6-10(15)11(16)7-9/h5-7,12-13,17H,4,8H2,1-3H3. The van der Waals surface area contributed by atoms with E-state index >= 15 is 0 Å². The van der Waals surface area contributed by atoms with Crippen molar-refractivity contribution in [3.63, 3.8) is 0 Å². The molecule has 0 saturated heterocycles. The summed E-state index contributed by atoms with van der Waals surface area (Å²) in [4.78, 5) is 0. The van der Waals surface area contributed by atoms with Crippen molar-refractivity contribution in [2.24, 2.45) is 5.41 Å². The molecule has 1 aliphatic carbocycles. The van der Waals surface area contributed by atoms with Gasteiger partial charge in [-0.05, 0) is 31.5 Å². The van der Waals surface area contributed by atoms with Crippen LogP contribution in [-0.4, -0.2) is 18.8 Å². The predicted octanol–water partition coefficient (Wildman–Crippen LogP) is 4.61. The van der Waals surface area contributed by atoms with Crippen LogP contribution in [0.15, 0.2) is 18.2 Å². The first-order valence-electron chi connectivity index (χ1n) is 6.28. The van der Waals surface area contributed by atoms with Crippen molar-refractivity contribution in [2.45, 2.75) is 39.3 Å². The van der Waals surface area contributed by atoms with Crippen molar-refractivity contribution in [3.8, 4) is 0 Å². The van der Waals surface area contributed by atoms with E-state index < -0.39 is 0 Å². The Balaban J connectivity index is 2.01. The molecular weight excluding hydrogens is 269 g/mol. The predicted molar refractivity (Wildman–Crippen MR) is 77.7 cm³/mol. The number of hydrogen-bond donors (Lipinski definition) is 1. The molecule has 0 amide bonds. The topological polar surface area (TPSA) is 21.3 Å². The minimum atomic E-state index is 0.141. The van der Waals surface area contributed by atoms with Crippen molar-refractivity contribution in [1.82, 2.24) is 0 Å². The van der Waals surface area contributed by atoms with Gasteiger partial charge in [-0.3, -0.25) is 0 Å². The lowest BCUT2D eigenvalue weighted by molar-refractivity contribution is -0.0975. The first kappa shape index (κ1) is 14.0. The van der Waals surface area contributed by atoms with Crippen molar-refractivity contribution in [1.29, 1.82) is 0 Å². The SMILES string of the molecule is CCOC1CC(Nc2ccc(Cl)c(Cl)c2)C1(C)C. The van der Waals surface area contributed by atoms with Gasteiger partial charge < -0.3 is 10.1 Å². The van der Waals surface area contributed by atoms with Crippen LogP contribution in [0.25, 0.3) is 0 Å². The lowest BCUT2D eigenvalue weighted by Gasteiger charge is -2.52. The van der Waals surface area contributed by atoms with Crippen LogP contribution >= 0.6 is 23.2 Å². The minimum absolute atomic E-state index is 0.141. The zero-order valence-corrected chi connectivity index (χ0v) is 12.5. The summed E-state index contributed by atoms with van der Waals surface area (Å²) in [6, 6.07) is 6.05. The van der Waals surface area contributed by atoms with Gasteiger partial charge in [0.05, 0.1) is 16.1 Å². The van der Waals surface area contributed by atoms with Gasteiger partial charge in [0.25, 0.3) is 0 Å². The molecule has 1 fully saturated rings. The summed E-state index contributed by atoms with van der Waals surface area (Å²) < 4.78 is 5.72. The Hall–Kier alpha value is -0.440. The van der Waals surface area contributed by atoms with E-state index in [-0.39, 0.29) is 5.41 Å². The van der Waals surface area contributed by atoms with E-state index in [2.05, 4.69) is 19.2 Å². The Morgan fingerprint density at radius 2 is 2.06 bits per heavy atom. The van der Waals surface area contributed by atoms with Gasteiger partial charge in [-0.15, -0.1) is 0 Å². The fourth-order valence-corrected chi connectivity index (χ4v) is 2.70. The van der Waals surface area contributed by atoms with Crippen molar-refractivity contribution >= 4 is 28.9 Å². The largest absolute Gasteiger partial charge is 0.382 e. The molecule has 0 radical (unpaired) electrons. The smallest absolute Gasteiger partial charge is 0.0665 e. The highest BCUT2D eigenvalue weighted by molar-refractivity contribution is 6.42. The lowest BCUT2D eigenvalue weighted by Crippen LogP contribution is -2.58. The Kier molecular flexibility index (Phi) is 4.10. The minimum Gasteiger partial charge on any atom is -0.382 e. The first-order valence-corrected chi connectivity index (χ1v) is 7.04. The molecule has 1 saturated carbocycles. The molecule has 1 N–H and O–H groups in total. The van der Waals surface area contributed by atoms with E-state index in [4.69, 9.17) is 27.9 Å². The molecule has 0 aliphatic heterocycles. The van der Waals surface area contributed by atoms with E-state index in [1.54, 1.807) is 0 Å². The molecule has 0 bridgehead atoms. The van der Waals surface area contributed by atoms with E-state index in [9.17, 15) is 0 Å². The Bertz CT molecular complexity index is 434. The van der Waals surface area contributed by atoms with Gasteiger partial charge in [0.1, 0.15) is 0 Å². The molecule has 0 spiro atoms. The molecule has 0 heterocycles. The van der Waals surface area contributed by atoms with Crippen LogP contribution in [0.4, 0.5) is 5.69 Å². The number of nitrogens with one attached hydrogen (secondary N) is 1. The molecule has 4 heteroatoms. The number of rotatable bonds is 4. The van der Waals surface area contributed by atoms with Crippen LogP contribution in [0, 0.1) is 5.41 Å². The van der Waals surface area contributed by atoms with Gasteiger partial charge in [0.15, 0.2) is 0 Å². The zero-order chi connectivity index (χ0) is 13.3. The maximum atomic E-state index is 6.01. The Morgan fingerprint density at radius 1 is 1.33 bits per heavy atom. The molecular formula is C14H19Cl2NO. The third-order valence-corrected chi connectivity index (χ3v) is 4.55. The number of halogens is 2. The fraction of sp³-hybridized carbons (Fsp3) is 0.571. The second-order valence-electron chi connectivity index (χ2n) is 5.33. The van der Waals surface area contributed by atoms with E-state index in [1.165, 1.54) is 0 Å². The van der Waals surface area contributed by atoms with Crippen LogP contribution in [-0.2, 0) is 4.74 Å². The van der Waals surface area contributed by atoms with Gasteiger partial charge >= 0.3 is 0 Å². The van der Waals surface area contributed by atoms with Gasteiger partial charge in [0, 0.05) is 23.8 Å². The molecule has 0 aromatic heterocycles. The average molecular weight is 288 g/mol. The molecule has 2 rings (SSSR count). The molecule has 2 atom stereocenters. The first-order chi connectivity index (χ1) is 8.45. The molecule has 1 aliphatic rings. The zero-order valence-electron chi connectivity index (χ0n) is 11.0. The van der Waals surface area contributed by atoms with Crippen molar-refractivity contribution in [2.75, 3.05) is 11.9 Å². The highest BCUT2D eigenvalue weighted by Gasteiger charge is 2.48. The Labute approximate surface area is 119 Å². The van der Waals surface area contributed by atoms with Gasteiger partial charge in [-0.25, -0.2) is 0 Å². The number of benzene rings is 1. The summed E-state index contributed by atoms with van der Waals surface area (Å²) in [7, 11) is 0. The van der Waals surface area contributed by atoms with Crippen LogP contribution < -0.4 is 5.32 Å². The van der Waals surface area contributed by atoms with Crippen LogP contribution in [0.1, 0.15) is 27.2 Å². The highest BCUT2D eigenvalue weighted by Crippen LogP contribution is 2.44. The maximum Gasteiger partial charge on any atom is 0.0665 e.